The van der Waals surface area contributed by atoms with Crippen molar-refractivity contribution in [1.29, 1.82) is 0 Å². The van der Waals surface area contributed by atoms with E-state index in [1.165, 1.54) is 7.05 Å². The number of nitrogens with zero attached hydrogens (tertiary/aromatic N) is 1. The number of hydrogen-bond acceptors (Lipinski definition) is 6. The lowest BCUT2D eigenvalue weighted by molar-refractivity contribution is -0.155. The molecule has 1 aromatic carbocycles. The maximum atomic E-state index is 12.1. The van der Waals surface area contributed by atoms with Crippen LogP contribution in [-0.2, 0) is 9.53 Å². The molecular weight excluding hydrogens is 278 g/mol. The van der Waals surface area contributed by atoms with Gasteiger partial charge in [0.2, 0.25) is 0 Å². The summed E-state index contributed by atoms with van der Waals surface area (Å²) in [5, 5.41) is 28.0. The number of ether oxygens (including phenoxy) is 1. The number of carbonyl (C=O) groups is 2. The zero-order chi connectivity index (χ0) is 16.4. The number of hydrogen-bond donors (Lipinski definition) is 3. The van der Waals surface area contributed by atoms with E-state index in [0.717, 1.165) is 17.0 Å². The van der Waals surface area contributed by atoms with Crippen molar-refractivity contribution in [3.8, 4) is 17.2 Å². The lowest BCUT2D eigenvalue weighted by Crippen LogP contribution is -2.36. The number of phenols is 3. The summed E-state index contributed by atoms with van der Waals surface area (Å²) in [5.41, 5.74) is -0.718. The van der Waals surface area contributed by atoms with E-state index in [0.29, 0.717) is 0 Å². The number of likely N-dealkylation sites (N-methyl/N-ethyl adjacent to an activating group) is 1. The molecule has 0 bridgehead atoms. The fourth-order valence-electron chi connectivity index (χ4n) is 1.59. The summed E-state index contributed by atoms with van der Waals surface area (Å²) in [4.78, 5) is 24.8. The molecule has 0 radical (unpaired) electrons. The average Bonchev–Trinajstić information content (AvgIpc) is 2.31. The minimum absolute atomic E-state index is 0.0612. The molecule has 0 heterocycles. The molecule has 0 saturated heterocycles. The van der Waals surface area contributed by atoms with Gasteiger partial charge in [0.25, 0.3) is 5.91 Å². The van der Waals surface area contributed by atoms with E-state index in [1.807, 2.05) is 0 Å². The van der Waals surface area contributed by atoms with Gasteiger partial charge in [-0.2, -0.15) is 0 Å². The van der Waals surface area contributed by atoms with Crippen molar-refractivity contribution in [3.63, 3.8) is 0 Å². The number of rotatable bonds is 3. The third kappa shape index (κ3) is 4.55. The molecular formula is C14H19NO6. The highest BCUT2D eigenvalue weighted by molar-refractivity contribution is 5.97. The highest BCUT2D eigenvalue weighted by Crippen LogP contribution is 2.35. The summed E-state index contributed by atoms with van der Waals surface area (Å²) >= 11 is 0. The highest BCUT2D eigenvalue weighted by atomic mass is 16.6. The van der Waals surface area contributed by atoms with E-state index in [4.69, 9.17) is 4.74 Å². The molecule has 7 heteroatoms. The molecule has 1 amide bonds. The van der Waals surface area contributed by atoms with Crippen LogP contribution >= 0.6 is 0 Å². The maximum absolute atomic E-state index is 12.1. The van der Waals surface area contributed by atoms with E-state index < -0.39 is 34.7 Å². The summed E-state index contributed by atoms with van der Waals surface area (Å²) in [7, 11) is 1.38. The van der Waals surface area contributed by atoms with Gasteiger partial charge in [-0.15, -0.1) is 0 Å². The lowest BCUT2D eigenvalue weighted by Gasteiger charge is -2.22. The van der Waals surface area contributed by atoms with Crippen LogP contribution < -0.4 is 0 Å². The molecule has 116 valence electrons. The number of esters is 1. The molecule has 3 N–H and O–H groups in total. The number of carbonyl (C=O) groups excluding carboxylic acids is 2. The van der Waals surface area contributed by atoms with E-state index >= 15 is 0 Å². The van der Waals surface area contributed by atoms with Gasteiger partial charge in [-0.25, -0.2) is 0 Å². The predicted octanol–water partition coefficient (Wildman–Crippen LogP) is 1.22. The first-order valence-electron chi connectivity index (χ1n) is 6.23. The lowest BCUT2D eigenvalue weighted by atomic mass is 10.1. The third-order valence-electron chi connectivity index (χ3n) is 2.45. The van der Waals surface area contributed by atoms with Crippen molar-refractivity contribution < 1.29 is 29.6 Å². The van der Waals surface area contributed by atoms with Gasteiger partial charge in [-0.05, 0) is 32.9 Å². The molecule has 0 fully saturated rings. The molecule has 21 heavy (non-hydrogen) atoms. The van der Waals surface area contributed by atoms with Gasteiger partial charge >= 0.3 is 5.97 Å². The predicted molar refractivity (Wildman–Crippen MR) is 74.2 cm³/mol. The van der Waals surface area contributed by atoms with Gasteiger partial charge in [0.15, 0.2) is 17.2 Å². The molecule has 0 aliphatic heterocycles. The molecule has 1 rings (SSSR count). The van der Waals surface area contributed by atoms with Gasteiger partial charge in [-0.3, -0.25) is 9.59 Å². The normalized spacial score (nSPS) is 11.0. The van der Waals surface area contributed by atoms with Gasteiger partial charge in [0.1, 0.15) is 12.1 Å². The van der Waals surface area contributed by atoms with E-state index in [1.54, 1.807) is 20.8 Å². The Morgan fingerprint density at radius 3 is 2.05 bits per heavy atom. The minimum atomic E-state index is -0.707. The first-order chi connectivity index (χ1) is 9.51. The Kier molecular flexibility index (Phi) is 4.67. The van der Waals surface area contributed by atoms with Crippen molar-refractivity contribution in [2.45, 2.75) is 26.4 Å². The van der Waals surface area contributed by atoms with E-state index in [9.17, 15) is 24.9 Å². The van der Waals surface area contributed by atoms with Crippen molar-refractivity contribution in [2.24, 2.45) is 0 Å². The summed E-state index contributed by atoms with van der Waals surface area (Å²) in [6, 6.07) is 2.01. The van der Waals surface area contributed by atoms with Crippen LogP contribution in [0.4, 0.5) is 0 Å². The maximum Gasteiger partial charge on any atom is 0.326 e. The SMILES string of the molecule is CN(CC(=O)OC(C)(C)C)C(=O)c1cc(O)c(O)c(O)c1. The topological polar surface area (TPSA) is 107 Å². The Morgan fingerprint density at radius 1 is 1.14 bits per heavy atom. The van der Waals surface area contributed by atoms with Crippen LogP contribution in [0.2, 0.25) is 0 Å². The minimum Gasteiger partial charge on any atom is -0.504 e. The molecule has 0 aromatic heterocycles. The summed E-state index contributed by atoms with van der Waals surface area (Å²) in [6.45, 7) is 4.85. The number of aromatic hydroxyl groups is 3. The van der Waals surface area contributed by atoms with Crippen LogP contribution in [0.5, 0.6) is 17.2 Å². The Balaban J connectivity index is 2.82. The van der Waals surface area contributed by atoms with Crippen LogP contribution in [0.15, 0.2) is 12.1 Å². The largest absolute Gasteiger partial charge is 0.504 e. The van der Waals surface area contributed by atoms with Crippen LogP contribution in [-0.4, -0.2) is 51.3 Å². The Labute approximate surface area is 122 Å². The second kappa shape index (κ2) is 5.90. The van der Waals surface area contributed by atoms with Crippen molar-refractivity contribution >= 4 is 11.9 Å². The number of benzene rings is 1. The quantitative estimate of drug-likeness (QED) is 0.572. The van der Waals surface area contributed by atoms with Gasteiger partial charge < -0.3 is 25.0 Å². The summed E-state index contributed by atoms with van der Waals surface area (Å²) in [6.07, 6.45) is 0. The molecule has 0 unspecified atom stereocenters. The van der Waals surface area contributed by atoms with Crippen molar-refractivity contribution in [3.05, 3.63) is 17.7 Å². The standard InChI is InChI=1S/C14H19NO6/c1-14(2,3)21-11(18)7-15(4)13(20)8-5-9(16)12(19)10(17)6-8/h5-6,16-17,19H,7H2,1-4H3. The highest BCUT2D eigenvalue weighted by Gasteiger charge is 2.22. The molecule has 0 atom stereocenters. The molecule has 7 nitrogen and oxygen atoms in total. The molecule has 0 aliphatic carbocycles. The van der Waals surface area contributed by atoms with Crippen molar-refractivity contribution in [1.82, 2.24) is 4.90 Å². The van der Waals surface area contributed by atoms with Crippen LogP contribution in [0.25, 0.3) is 0 Å². The van der Waals surface area contributed by atoms with Gasteiger partial charge in [0.05, 0.1) is 0 Å². The zero-order valence-corrected chi connectivity index (χ0v) is 12.4. The molecule has 0 saturated carbocycles. The smallest absolute Gasteiger partial charge is 0.326 e. The molecule has 1 aromatic rings. The fraction of sp³-hybridized carbons (Fsp3) is 0.429. The zero-order valence-electron chi connectivity index (χ0n) is 12.4. The van der Waals surface area contributed by atoms with E-state index in [-0.39, 0.29) is 12.1 Å². The molecule has 0 aliphatic rings. The third-order valence-corrected chi connectivity index (χ3v) is 2.45. The fourth-order valence-corrected chi connectivity index (χ4v) is 1.59. The Bertz CT molecular complexity index is 538. The monoisotopic (exact) mass is 297 g/mol. The number of amides is 1. The van der Waals surface area contributed by atoms with E-state index in [2.05, 4.69) is 0 Å². The van der Waals surface area contributed by atoms with Gasteiger partial charge in [0, 0.05) is 12.6 Å². The molecule has 0 spiro atoms. The van der Waals surface area contributed by atoms with Crippen LogP contribution in [0.1, 0.15) is 31.1 Å². The van der Waals surface area contributed by atoms with Crippen LogP contribution in [0.3, 0.4) is 0 Å². The average molecular weight is 297 g/mol. The summed E-state index contributed by atoms with van der Waals surface area (Å²) in [5.74, 6) is -3.13. The summed E-state index contributed by atoms with van der Waals surface area (Å²) < 4.78 is 5.09. The Morgan fingerprint density at radius 2 is 1.62 bits per heavy atom. The first-order valence-corrected chi connectivity index (χ1v) is 6.23. The second-order valence-corrected chi connectivity index (χ2v) is 5.61. The first kappa shape index (κ1) is 16.6. The second-order valence-electron chi connectivity index (χ2n) is 5.61. The van der Waals surface area contributed by atoms with Gasteiger partial charge in [-0.1, -0.05) is 0 Å². The van der Waals surface area contributed by atoms with Crippen molar-refractivity contribution in [2.75, 3.05) is 13.6 Å². The van der Waals surface area contributed by atoms with Crippen LogP contribution in [0, 0.1) is 0 Å². The Hall–Kier alpha value is -2.44. The number of phenolic OH excluding ortho intramolecular Hbond substituents is 3.